The Morgan fingerprint density at radius 3 is 3.00 bits per heavy atom. The maximum atomic E-state index is 12.2. The smallest absolute Gasteiger partial charge is 0.293 e. The van der Waals surface area contributed by atoms with Crippen molar-refractivity contribution in [3.63, 3.8) is 0 Å². The summed E-state index contributed by atoms with van der Waals surface area (Å²) >= 11 is 0. The van der Waals surface area contributed by atoms with Crippen molar-refractivity contribution >= 4 is 5.82 Å². The van der Waals surface area contributed by atoms with Crippen LogP contribution in [0.25, 0.3) is 0 Å². The summed E-state index contributed by atoms with van der Waals surface area (Å²) in [6, 6.07) is 0.412. The molecular formula is C13H21N3O2. The fourth-order valence-electron chi connectivity index (χ4n) is 2.20. The van der Waals surface area contributed by atoms with Gasteiger partial charge >= 0.3 is 0 Å². The third-order valence-electron chi connectivity index (χ3n) is 3.39. The minimum absolute atomic E-state index is 0.0498. The van der Waals surface area contributed by atoms with Crippen LogP contribution in [0.2, 0.25) is 0 Å². The molecule has 1 aromatic heterocycles. The molecule has 0 amide bonds. The van der Waals surface area contributed by atoms with Crippen molar-refractivity contribution in [2.75, 3.05) is 18.5 Å². The first-order valence-electron chi connectivity index (χ1n) is 6.51. The normalized spacial score (nSPS) is 24.2. The van der Waals surface area contributed by atoms with Crippen molar-refractivity contribution in [3.05, 3.63) is 22.7 Å². The first-order chi connectivity index (χ1) is 8.59. The molecule has 0 spiro atoms. The van der Waals surface area contributed by atoms with Crippen LogP contribution in [0.15, 0.2) is 17.2 Å². The summed E-state index contributed by atoms with van der Waals surface area (Å²) in [5, 5.41) is 3.27. The van der Waals surface area contributed by atoms with Gasteiger partial charge < -0.3 is 14.6 Å². The molecule has 5 nitrogen and oxygen atoms in total. The first kappa shape index (κ1) is 13.1. The minimum Gasteiger partial charge on any atom is -0.381 e. The van der Waals surface area contributed by atoms with Crippen LogP contribution < -0.4 is 10.9 Å². The fraction of sp³-hybridized carbons (Fsp3) is 0.692. The summed E-state index contributed by atoms with van der Waals surface area (Å²) in [6.45, 7) is 7.58. The lowest BCUT2D eigenvalue weighted by Crippen LogP contribution is -2.38. The molecule has 100 valence electrons. The van der Waals surface area contributed by atoms with E-state index in [-0.39, 0.29) is 17.6 Å². The lowest BCUT2D eigenvalue weighted by molar-refractivity contribution is 0.0536. The van der Waals surface area contributed by atoms with Crippen molar-refractivity contribution in [3.8, 4) is 0 Å². The molecule has 1 aromatic rings. The van der Waals surface area contributed by atoms with Gasteiger partial charge in [-0.1, -0.05) is 6.92 Å². The third kappa shape index (κ3) is 2.72. The monoisotopic (exact) mass is 251 g/mol. The average molecular weight is 251 g/mol. The zero-order valence-corrected chi connectivity index (χ0v) is 11.2. The molecule has 0 bridgehead atoms. The number of anilines is 1. The topological polar surface area (TPSA) is 56.1 Å². The van der Waals surface area contributed by atoms with Gasteiger partial charge in [-0.25, -0.2) is 4.98 Å². The number of aromatic nitrogens is 2. The van der Waals surface area contributed by atoms with E-state index in [0.29, 0.717) is 11.7 Å². The number of nitrogens with one attached hydrogen (secondary N) is 1. The molecule has 0 saturated carbocycles. The van der Waals surface area contributed by atoms with E-state index < -0.39 is 0 Å². The van der Waals surface area contributed by atoms with Crippen molar-refractivity contribution in [1.29, 1.82) is 0 Å². The van der Waals surface area contributed by atoms with E-state index in [0.717, 1.165) is 19.6 Å². The van der Waals surface area contributed by atoms with Crippen LogP contribution in [0.3, 0.4) is 0 Å². The molecule has 2 unspecified atom stereocenters. The van der Waals surface area contributed by atoms with Gasteiger partial charge in [0, 0.05) is 31.1 Å². The molecule has 1 aliphatic rings. The lowest BCUT2D eigenvalue weighted by atomic mass is 9.98. The zero-order chi connectivity index (χ0) is 13.1. The van der Waals surface area contributed by atoms with Crippen molar-refractivity contribution < 1.29 is 4.74 Å². The van der Waals surface area contributed by atoms with E-state index in [1.807, 2.05) is 13.8 Å². The van der Waals surface area contributed by atoms with Gasteiger partial charge in [0.25, 0.3) is 5.56 Å². The standard InChI is InChI=1S/C13H21N3O2/c1-9(2)16-6-5-14-12(13(16)17)15-11-4-7-18-8-10(11)3/h5-6,9-11H,4,7-8H2,1-3H3,(H,14,15). The Hall–Kier alpha value is -1.36. The maximum Gasteiger partial charge on any atom is 0.293 e. The summed E-state index contributed by atoms with van der Waals surface area (Å²) in [7, 11) is 0. The van der Waals surface area contributed by atoms with Gasteiger partial charge in [-0.05, 0) is 26.2 Å². The van der Waals surface area contributed by atoms with Gasteiger partial charge in [0.1, 0.15) is 0 Å². The second-order valence-electron chi connectivity index (χ2n) is 5.17. The molecule has 1 saturated heterocycles. The first-order valence-corrected chi connectivity index (χ1v) is 6.51. The molecule has 1 aliphatic heterocycles. The Morgan fingerprint density at radius 1 is 1.56 bits per heavy atom. The Labute approximate surface area is 107 Å². The van der Waals surface area contributed by atoms with Crippen LogP contribution in [0.4, 0.5) is 5.82 Å². The van der Waals surface area contributed by atoms with E-state index in [4.69, 9.17) is 4.74 Å². The average Bonchev–Trinajstić information content (AvgIpc) is 2.34. The molecule has 0 radical (unpaired) electrons. The highest BCUT2D eigenvalue weighted by molar-refractivity contribution is 5.32. The van der Waals surface area contributed by atoms with Gasteiger partial charge in [0.15, 0.2) is 5.82 Å². The highest BCUT2D eigenvalue weighted by Crippen LogP contribution is 2.17. The number of hydrogen-bond acceptors (Lipinski definition) is 4. The summed E-state index contributed by atoms with van der Waals surface area (Å²) in [6.07, 6.45) is 4.32. The van der Waals surface area contributed by atoms with Crippen LogP contribution >= 0.6 is 0 Å². The van der Waals surface area contributed by atoms with E-state index in [2.05, 4.69) is 17.2 Å². The molecule has 2 heterocycles. The Balaban J connectivity index is 2.18. The van der Waals surface area contributed by atoms with Gasteiger partial charge in [-0.2, -0.15) is 0 Å². The largest absolute Gasteiger partial charge is 0.381 e. The molecule has 0 aromatic carbocycles. The highest BCUT2D eigenvalue weighted by Gasteiger charge is 2.23. The van der Waals surface area contributed by atoms with Crippen LogP contribution in [0.1, 0.15) is 33.2 Å². The molecule has 1 fully saturated rings. The summed E-state index contributed by atoms with van der Waals surface area (Å²) in [5.41, 5.74) is -0.0498. The second kappa shape index (κ2) is 5.52. The van der Waals surface area contributed by atoms with Gasteiger partial charge in [0.05, 0.1) is 6.61 Å². The number of hydrogen-bond donors (Lipinski definition) is 1. The lowest BCUT2D eigenvalue weighted by Gasteiger charge is -2.29. The van der Waals surface area contributed by atoms with Gasteiger partial charge in [-0.3, -0.25) is 4.79 Å². The highest BCUT2D eigenvalue weighted by atomic mass is 16.5. The van der Waals surface area contributed by atoms with E-state index in [1.54, 1.807) is 17.0 Å². The molecular weight excluding hydrogens is 230 g/mol. The SMILES string of the molecule is CC1COCCC1Nc1nccn(C(C)C)c1=O. The van der Waals surface area contributed by atoms with Crippen LogP contribution in [-0.4, -0.2) is 28.8 Å². The minimum atomic E-state index is -0.0498. The number of rotatable bonds is 3. The van der Waals surface area contributed by atoms with Crippen LogP contribution in [-0.2, 0) is 4.74 Å². The predicted molar refractivity (Wildman–Crippen MR) is 70.9 cm³/mol. The zero-order valence-electron chi connectivity index (χ0n) is 11.2. The van der Waals surface area contributed by atoms with Crippen molar-refractivity contribution in [1.82, 2.24) is 9.55 Å². The van der Waals surface area contributed by atoms with Crippen LogP contribution in [0.5, 0.6) is 0 Å². The van der Waals surface area contributed by atoms with Crippen LogP contribution in [0, 0.1) is 5.92 Å². The maximum absolute atomic E-state index is 12.2. The van der Waals surface area contributed by atoms with E-state index >= 15 is 0 Å². The number of nitrogens with zero attached hydrogens (tertiary/aromatic N) is 2. The Morgan fingerprint density at radius 2 is 2.33 bits per heavy atom. The molecule has 2 rings (SSSR count). The van der Waals surface area contributed by atoms with Crippen molar-refractivity contribution in [2.24, 2.45) is 5.92 Å². The Kier molecular flexibility index (Phi) is 4.01. The predicted octanol–water partition coefficient (Wildman–Crippen LogP) is 1.66. The molecule has 5 heteroatoms. The second-order valence-corrected chi connectivity index (χ2v) is 5.17. The molecule has 18 heavy (non-hydrogen) atoms. The van der Waals surface area contributed by atoms with E-state index in [1.165, 1.54) is 0 Å². The summed E-state index contributed by atoms with van der Waals surface area (Å²) in [5.74, 6) is 0.845. The van der Waals surface area contributed by atoms with Gasteiger partial charge in [-0.15, -0.1) is 0 Å². The fourth-order valence-corrected chi connectivity index (χ4v) is 2.20. The molecule has 0 aliphatic carbocycles. The molecule has 1 N–H and O–H groups in total. The Bertz CT molecular complexity index is 456. The van der Waals surface area contributed by atoms with Crippen molar-refractivity contribution in [2.45, 2.75) is 39.3 Å². The van der Waals surface area contributed by atoms with E-state index in [9.17, 15) is 4.79 Å². The number of ether oxygens (including phenoxy) is 1. The quantitative estimate of drug-likeness (QED) is 0.887. The summed E-state index contributed by atoms with van der Waals surface area (Å²) in [4.78, 5) is 16.4. The molecule has 2 atom stereocenters. The summed E-state index contributed by atoms with van der Waals surface area (Å²) < 4.78 is 7.09. The third-order valence-corrected chi connectivity index (χ3v) is 3.39. The van der Waals surface area contributed by atoms with Gasteiger partial charge in [0.2, 0.25) is 0 Å².